The number of hydrogen-bond donors (Lipinski definition) is 0. The maximum atomic E-state index is 11.9. The van der Waals surface area contributed by atoms with E-state index in [1.807, 2.05) is 32.1 Å². The van der Waals surface area contributed by atoms with Crippen molar-refractivity contribution < 1.29 is 9.53 Å². The number of unbranched alkanes of at least 4 members (excludes halogenated alkanes) is 5. The molecule has 24 heavy (non-hydrogen) atoms. The van der Waals surface area contributed by atoms with Gasteiger partial charge >= 0.3 is 5.97 Å². The summed E-state index contributed by atoms with van der Waals surface area (Å²) in [6.45, 7) is 9.26. The molecule has 1 rings (SSSR count). The van der Waals surface area contributed by atoms with Crippen LogP contribution in [0, 0.1) is 11.3 Å². The highest BCUT2D eigenvalue weighted by Gasteiger charge is 2.19. The second-order valence-electron chi connectivity index (χ2n) is 6.15. The number of hydrogen-bond acceptors (Lipinski definition) is 4. The lowest BCUT2D eigenvalue weighted by Crippen LogP contribution is -2.24. The van der Waals surface area contributed by atoms with E-state index in [-0.39, 0.29) is 12.2 Å². The van der Waals surface area contributed by atoms with Crippen LogP contribution < -0.4 is 0 Å². The van der Waals surface area contributed by atoms with Crippen LogP contribution >= 0.6 is 0 Å². The molecule has 1 heterocycles. The van der Waals surface area contributed by atoms with Gasteiger partial charge in [-0.2, -0.15) is 5.26 Å². The predicted molar refractivity (Wildman–Crippen MR) is 96.9 cm³/mol. The van der Waals surface area contributed by atoms with Crippen molar-refractivity contribution in [3.63, 3.8) is 0 Å². The zero-order chi connectivity index (χ0) is 17.9. The van der Waals surface area contributed by atoms with Gasteiger partial charge in [0.15, 0.2) is 0 Å². The normalized spacial score (nSPS) is 14.0. The Balaban J connectivity index is 2.72. The number of allylic oxidation sites excluding steroid dienone is 5. The van der Waals surface area contributed by atoms with Crippen LogP contribution in [0.5, 0.6) is 0 Å². The van der Waals surface area contributed by atoms with Crippen molar-refractivity contribution in [3.8, 4) is 6.07 Å². The van der Waals surface area contributed by atoms with Crippen molar-refractivity contribution in [3.05, 3.63) is 34.7 Å². The highest BCUT2D eigenvalue weighted by atomic mass is 16.5. The monoisotopic (exact) mass is 330 g/mol. The molecule has 0 amide bonds. The molecule has 4 nitrogen and oxygen atoms in total. The molecule has 1 aliphatic heterocycles. The van der Waals surface area contributed by atoms with Gasteiger partial charge in [-0.1, -0.05) is 39.0 Å². The number of rotatable bonds is 9. The second kappa shape index (κ2) is 10.7. The van der Waals surface area contributed by atoms with Crippen LogP contribution in [0.2, 0.25) is 0 Å². The van der Waals surface area contributed by atoms with Gasteiger partial charge in [0.2, 0.25) is 0 Å². The average Bonchev–Trinajstić information content (AvgIpc) is 2.53. The van der Waals surface area contributed by atoms with Crippen molar-refractivity contribution in [2.45, 2.75) is 66.2 Å². The van der Waals surface area contributed by atoms with Crippen LogP contribution in [0.3, 0.4) is 0 Å². The van der Waals surface area contributed by atoms with Gasteiger partial charge in [0.1, 0.15) is 11.6 Å². The van der Waals surface area contributed by atoms with Crippen LogP contribution in [0.25, 0.3) is 0 Å². The van der Waals surface area contributed by atoms with Crippen molar-refractivity contribution >= 4 is 5.97 Å². The summed E-state index contributed by atoms with van der Waals surface area (Å²) in [6.07, 6.45) is 11.4. The zero-order valence-electron chi connectivity index (χ0n) is 15.5. The van der Waals surface area contributed by atoms with Gasteiger partial charge in [-0.25, -0.2) is 4.79 Å². The van der Waals surface area contributed by atoms with Gasteiger partial charge in [0.25, 0.3) is 0 Å². The largest absolute Gasteiger partial charge is 0.462 e. The first-order chi connectivity index (χ1) is 11.5. The quantitative estimate of drug-likeness (QED) is 0.262. The van der Waals surface area contributed by atoms with Crippen molar-refractivity contribution in [1.82, 2.24) is 4.90 Å². The number of carbonyl (C=O) groups excluding carboxylic acids is 1. The minimum absolute atomic E-state index is 0.0785. The first-order valence-electron chi connectivity index (χ1n) is 9.00. The molecule has 0 unspecified atom stereocenters. The third-order valence-corrected chi connectivity index (χ3v) is 4.20. The van der Waals surface area contributed by atoms with Crippen molar-refractivity contribution in [2.75, 3.05) is 13.2 Å². The average molecular weight is 330 g/mol. The van der Waals surface area contributed by atoms with Gasteiger partial charge in [0.05, 0.1) is 6.61 Å². The SMILES string of the molecule is CCCCCCCCN1C(C)=CC(=C(C#N)C(=O)OCC)C=C1C. The van der Waals surface area contributed by atoms with E-state index in [0.717, 1.165) is 24.4 Å². The summed E-state index contributed by atoms with van der Waals surface area (Å²) in [5, 5.41) is 9.28. The Morgan fingerprint density at radius 2 is 1.67 bits per heavy atom. The summed E-state index contributed by atoms with van der Waals surface area (Å²) < 4.78 is 4.97. The second-order valence-corrected chi connectivity index (χ2v) is 6.15. The molecule has 0 fully saturated rings. The van der Waals surface area contributed by atoms with Gasteiger partial charge in [-0.3, -0.25) is 0 Å². The summed E-state index contributed by atoms with van der Waals surface area (Å²) in [5.41, 5.74) is 2.85. The number of esters is 1. The van der Waals surface area contributed by atoms with E-state index < -0.39 is 5.97 Å². The maximum Gasteiger partial charge on any atom is 0.349 e. The molecule has 0 spiro atoms. The summed E-state index contributed by atoms with van der Waals surface area (Å²) in [7, 11) is 0. The Morgan fingerprint density at radius 3 is 2.21 bits per heavy atom. The van der Waals surface area contributed by atoms with Crippen molar-refractivity contribution in [2.24, 2.45) is 0 Å². The number of nitrogens with zero attached hydrogens (tertiary/aromatic N) is 2. The molecule has 0 atom stereocenters. The van der Waals surface area contributed by atoms with E-state index in [9.17, 15) is 10.1 Å². The Bertz CT molecular complexity index is 543. The number of nitriles is 1. The number of ether oxygens (including phenoxy) is 1. The minimum Gasteiger partial charge on any atom is -0.462 e. The van der Waals surface area contributed by atoms with E-state index in [2.05, 4.69) is 11.8 Å². The van der Waals surface area contributed by atoms with E-state index >= 15 is 0 Å². The molecular weight excluding hydrogens is 300 g/mol. The van der Waals surface area contributed by atoms with E-state index in [0.29, 0.717) is 5.57 Å². The molecular formula is C20H30N2O2. The maximum absolute atomic E-state index is 11.9. The lowest BCUT2D eigenvalue weighted by molar-refractivity contribution is -0.138. The fourth-order valence-electron chi connectivity index (χ4n) is 2.90. The topological polar surface area (TPSA) is 53.3 Å². The molecule has 0 radical (unpaired) electrons. The van der Waals surface area contributed by atoms with Crippen molar-refractivity contribution in [1.29, 1.82) is 5.26 Å². The molecule has 1 aliphatic rings. The lowest BCUT2D eigenvalue weighted by atomic mass is 10.0. The first-order valence-corrected chi connectivity index (χ1v) is 9.00. The Kier molecular flexibility index (Phi) is 8.93. The third kappa shape index (κ3) is 5.88. The Labute approximate surface area is 146 Å². The fourth-order valence-corrected chi connectivity index (χ4v) is 2.90. The van der Waals surface area contributed by atoms with Gasteiger partial charge in [0, 0.05) is 23.5 Å². The molecule has 0 aliphatic carbocycles. The molecule has 4 heteroatoms. The highest BCUT2D eigenvalue weighted by molar-refractivity contribution is 5.95. The molecule has 0 aromatic carbocycles. The third-order valence-electron chi connectivity index (χ3n) is 4.20. The highest BCUT2D eigenvalue weighted by Crippen LogP contribution is 2.25. The predicted octanol–water partition coefficient (Wildman–Crippen LogP) is 4.85. The van der Waals surface area contributed by atoms with Gasteiger partial charge in [-0.15, -0.1) is 0 Å². The smallest absolute Gasteiger partial charge is 0.349 e. The molecule has 0 bridgehead atoms. The van der Waals surface area contributed by atoms with Crippen LogP contribution in [-0.4, -0.2) is 24.0 Å². The van der Waals surface area contributed by atoms with Gasteiger partial charge in [-0.05, 0) is 39.3 Å². The van der Waals surface area contributed by atoms with Crippen LogP contribution in [0.4, 0.5) is 0 Å². The van der Waals surface area contributed by atoms with E-state index in [4.69, 9.17) is 4.74 Å². The summed E-state index contributed by atoms with van der Waals surface area (Å²) in [5.74, 6) is -0.549. The molecule has 0 saturated carbocycles. The molecule has 0 saturated heterocycles. The molecule has 0 aromatic rings. The zero-order valence-corrected chi connectivity index (χ0v) is 15.5. The molecule has 132 valence electrons. The Hall–Kier alpha value is -2.02. The molecule has 0 aromatic heterocycles. The Morgan fingerprint density at radius 1 is 1.08 bits per heavy atom. The summed E-state index contributed by atoms with van der Waals surface area (Å²) in [6, 6.07) is 1.98. The first kappa shape index (κ1) is 20.0. The molecule has 0 N–H and O–H groups in total. The minimum atomic E-state index is -0.549. The van der Waals surface area contributed by atoms with Crippen LogP contribution in [0.1, 0.15) is 66.2 Å². The van der Waals surface area contributed by atoms with Crippen LogP contribution in [-0.2, 0) is 9.53 Å². The standard InChI is InChI=1S/C20H30N2O2/c1-5-7-8-9-10-11-12-22-16(3)13-18(14-17(22)4)19(15-21)20(23)24-6-2/h13-14H,5-12H2,1-4H3. The lowest BCUT2D eigenvalue weighted by Gasteiger charge is -2.30. The van der Waals surface area contributed by atoms with E-state index in [1.54, 1.807) is 6.92 Å². The summed E-state index contributed by atoms with van der Waals surface area (Å²) in [4.78, 5) is 14.1. The van der Waals surface area contributed by atoms with E-state index in [1.165, 1.54) is 32.1 Å². The number of carbonyl (C=O) groups is 1. The van der Waals surface area contributed by atoms with Crippen LogP contribution in [0.15, 0.2) is 34.7 Å². The summed E-state index contributed by atoms with van der Waals surface area (Å²) >= 11 is 0. The fraction of sp³-hybridized carbons (Fsp3) is 0.600. The van der Waals surface area contributed by atoms with Gasteiger partial charge < -0.3 is 9.64 Å².